The van der Waals surface area contributed by atoms with E-state index in [0.29, 0.717) is 6.04 Å². The van der Waals surface area contributed by atoms with Gasteiger partial charge in [0.1, 0.15) is 0 Å². The van der Waals surface area contributed by atoms with E-state index in [-0.39, 0.29) is 16.7 Å². The molecule has 1 heterocycles. The molecule has 0 aliphatic carbocycles. The number of hydrogen-bond acceptors (Lipinski definition) is 3. The Bertz CT molecular complexity index is 442. The molecule has 2 nitrogen and oxygen atoms in total. The van der Waals surface area contributed by atoms with E-state index in [0.717, 1.165) is 51.0 Å². The molecule has 0 aromatic heterocycles. The largest absolute Gasteiger partial charge is 0.446 e. The summed E-state index contributed by atoms with van der Waals surface area (Å²) in [4.78, 5) is 2.70. The van der Waals surface area contributed by atoms with Gasteiger partial charge in [0, 0.05) is 37.1 Å². The predicted molar refractivity (Wildman–Crippen MR) is 85.1 cm³/mol. The van der Waals surface area contributed by atoms with Gasteiger partial charge < -0.3 is 5.32 Å². The molecule has 1 fully saturated rings. The Kier molecular flexibility index (Phi) is 6.59. The first-order valence-electron chi connectivity index (χ1n) is 7.80. The van der Waals surface area contributed by atoms with Crippen molar-refractivity contribution in [3.8, 4) is 0 Å². The van der Waals surface area contributed by atoms with Gasteiger partial charge in [-0.15, -0.1) is 0 Å². The van der Waals surface area contributed by atoms with Gasteiger partial charge in [0.05, 0.1) is 0 Å². The molecule has 0 spiro atoms. The van der Waals surface area contributed by atoms with E-state index in [9.17, 15) is 13.2 Å². The minimum Gasteiger partial charge on any atom is -0.314 e. The van der Waals surface area contributed by atoms with Crippen molar-refractivity contribution in [2.24, 2.45) is 0 Å². The third kappa shape index (κ3) is 5.48. The Hall–Kier alpha value is -0.720. The summed E-state index contributed by atoms with van der Waals surface area (Å²) in [5.41, 5.74) is -3.09. The van der Waals surface area contributed by atoms with Crippen molar-refractivity contribution >= 4 is 11.8 Å². The number of piperazine rings is 1. The van der Waals surface area contributed by atoms with Crippen LogP contribution in [0.4, 0.5) is 13.2 Å². The Balaban J connectivity index is 2.09. The Morgan fingerprint density at radius 2 is 1.82 bits per heavy atom. The van der Waals surface area contributed by atoms with Gasteiger partial charge in [-0.2, -0.15) is 13.2 Å². The van der Waals surface area contributed by atoms with Gasteiger partial charge in [0.2, 0.25) is 0 Å². The highest BCUT2D eigenvalue weighted by molar-refractivity contribution is 8.00. The zero-order valence-electron chi connectivity index (χ0n) is 12.8. The van der Waals surface area contributed by atoms with Crippen LogP contribution in [0.5, 0.6) is 0 Å². The van der Waals surface area contributed by atoms with E-state index in [2.05, 4.69) is 17.1 Å². The molecule has 1 N–H and O–H groups in total. The van der Waals surface area contributed by atoms with Gasteiger partial charge in [0.15, 0.2) is 0 Å². The minimum absolute atomic E-state index is 0.0490. The zero-order chi connectivity index (χ0) is 16.0. The van der Waals surface area contributed by atoms with E-state index < -0.39 is 5.51 Å². The topological polar surface area (TPSA) is 15.3 Å². The fraction of sp³-hybridized carbons (Fsp3) is 0.625. The molecule has 0 saturated carbocycles. The number of thioether (sulfide) groups is 1. The maximum Gasteiger partial charge on any atom is 0.446 e. The second kappa shape index (κ2) is 8.22. The van der Waals surface area contributed by atoms with E-state index in [1.54, 1.807) is 12.1 Å². The van der Waals surface area contributed by atoms with Crippen molar-refractivity contribution in [2.45, 2.75) is 42.6 Å². The van der Waals surface area contributed by atoms with Crippen LogP contribution in [0.25, 0.3) is 0 Å². The lowest BCUT2D eigenvalue weighted by atomic mass is 9.99. The standard InChI is InChI=1S/C16H23F3N2S/c1-2-3-4-15(21-11-9-20-10-12-21)13-5-7-14(8-6-13)22-16(17,18)19/h5-8,15,20H,2-4,9-12H2,1H3/t15-/m0/s1. The SMILES string of the molecule is CCCC[C@@H](c1ccc(SC(F)(F)F)cc1)N1CCNCC1. The van der Waals surface area contributed by atoms with Crippen LogP contribution >= 0.6 is 11.8 Å². The molecular formula is C16H23F3N2S. The Morgan fingerprint density at radius 1 is 1.18 bits per heavy atom. The van der Waals surface area contributed by atoms with Crippen molar-refractivity contribution in [1.82, 2.24) is 10.2 Å². The summed E-state index contributed by atoms with van der Waals surface area (Å²) in [5.74, 6) is 0. The van der Waals surface area contributed by atoms with Crippen LogP contribution in [0.2, 0.25) is 0 Å². The monoisotopic (exact) mass is 332 g/mol. The summed E-state index contributed by atoms with van der Waals surface area (Å²) in [5, 5.41) is 3.34. The molecule has 1 aromatic carbocycles. The fourth-order valence-electron chi connectivity index (χ4n) is 2.84. The first-order chi connectivity index (χ1) is 10.5. The van der Waals surface area contributed by atoms with E-state index in [4.69, 9.17) is 0 Å². The van der Waals surface area contributed by atoms with E-state index in [1.165, 1.54) is 0 Å². The normalized spacial score (nSPS) is 18.4. The molecule has 0 unspecified atom stereocenters. The second-order valence-corrected chi connectivity index (χ2v) is 6.70. The highest BCUT2D eigenvalue weighted by Gasteiger charge is 2.29. The number of nitrogens with zero attached hydrogens (tertiary/aromatic N) is 1. The lowest BCUT2D eigenvalue weighted by Crippen LogP contribution is -2.45. The molecule has 22 heavy (non-hydrogen) atoms. The molecule has 1 atom stereocenters. The summed E-state index contributed by atoms with van der Waals surface area (Å²) in [6.45, 7) is 6.11. The Labute approximate surface area is 134 Å². The lowest BCUT2D eigenvalue weighted by Gasteiger charge is -2.35. The van der Waals surface area contributed by atoms with Gasteiger partial charge in [-0.05, 0) is 35.9 Å². The van der Waals surface area contributed by atoms with Crippen LogP contribution in [0.3, 0.4) is 0 Å². The molecule has 0 radical (unpaired) electrons. The van der Waals surface area contributed by atoms with Gasteiger partial charge in [-0.1, -0.05) is 31.9 Å². The molecule has 0 amide bonds. The Morgan fingerprint density at radius 3 is 2.36 bits per heavy atom. The van der Waals surface area contributed by atoms with Crippen LogP contribution < -0.4 is 5.32 Å². The molecule has 1 aliphatic heterocycles. The number of unbranched alkanes of at least 4 members (excludes halogenated alkanes) is 1. The van der Waals surface area contributed by atoms with Gasteiger partial charge in [-0.3, -0.25) is 4.90 Å². The zero-order valence-corrected chi connectivity index (χ0v) is 13.6. The summed E-state index contributed by atoms with van der Waals surface area (Å²) >= 11 is -0.0490. The van der Waals surface area contributed by atoms with Crippen molar-refractivity contribution in [3.05, 3.63) is 29.8 Å². The lowest BCUT2D eigenvalue weighted by molar-refractivity contribution is -0.0328. The quantitative estimate of drug-likeness (QED) is 0.776. The van der Waals surface area contributed by atoms with Crippen molar-refractivity contribution < 1.29 is 13.2 Å². The predicted octanol–water partition coefficient (Wildman–Crippen LogP) is 4.44. The molecule has 0 bridgehead atoms. The number of nitrogens with one attached hydrogen (secondary N) is 1. The average Bonchev–Trinajstić information content (AvgIpc) is 2.49. The minimum atomic E-state index is -4.22. The number of hydrogen-bond donors (Lipinski definition) is 1. The first kappa shape index (κ1) is 17.6. The van der Waals surface area contributed by atoms with E-state index >= 15 is 0 Å². The summed E-state index contributed by atoms with van der Waals surface area (Å²) in [7, 11) is 0. The fourth-order valence-corrected chi connectivity index (χ4v) is 3.38. The number of rotatable bonds is 6. The van der Waals surface area contributed by atoms with Crippen molar-refractivity contribution in [3.63, 3.8) is 0 Å². The maximum absolute atomic E-state index is 12.4. The summed E-state index contributed by atoms with van der Waals surface area (Å²) in [6, 6.07) is 7.21. The van der Waals surface area contributed by atoms with Crippen LogP contribution in [0.15, 0.2) is 29.2 Å². The van der Waals surface area contributed by atoms with Gasteiger partial charge in [0.25, 0.3) is 0 Å². The molecule has 124 valence electrons. The third-order valence-electron chi connectivity index (χ3n) is 3.92. The molecule has 1 aromatic rings. The number of benzene rings is 1. The second-order valence-electron chi connectivity index (χ2n) is 5.56. The van der Waals surface area contributed by atoms with Gasteiger partial charge in [-0.25, -0.2) is 0 Å². The van der Waals surface area contributed by atoms with Crippen LogP contribution in [-0.4, -0.2) is 36.6 Å². The molecule has 2 rings (SSSR count). The molecule has 1 saturated heterocycles. The number of halogens is 3. The molecular weight excluding hydrogens is 309 g/mol. The van der Waals surface area contributed by atoms with Crippen LogP contribution in [0, 0.1) is 0 Å². The van der Waals surface area contributed by atoms with Crippen LogP contribution in [0.1, 0.15) is 37.8 Å². The van der Waals surface area contributed by atoms with E-state index in [1.807, 2.05) is 12.1 Å². The summed E-state index contributed by atoms with van der Waals surface area (Å²) < 4.78 is 37.2. The average molecular weight is 332 g/mol. The summed E-state index contributed by atoms with van der Waals surface area (Å²) in [6.07, 6.45) is 3.32. The maximum atomic E-state index is 12.4. The highest BCUT2D eigenvalue weighted by atomic mass is 32.2. The highest BCUT2D eigenvalue weighted by Crippen LogP contribution is 2.37. The number of alkyl halides is 3. The third-order valence-corrected chi connectivity index (χ3v) is 4.66. The first-order valence-corrected chi connectivity index (χ1v) is 8.61. The van der Waals surface area contributed by atoms with Crippen molar-refractivity contribution in [1.29, 1.82) is 0 Å². The molecule has 1 aliphatic rings. The van der Waals surface area contributed by atoms with Crippen molar-refractivity contribution in [2.75, 3.05) is 26.2 Å². The van der Waals surface area contributed by atoms with Crippen LogP contribution in [-0.2, 0) is 0 Å². The van der Waals surface area contributed by atoms with Gasteiger partial charge >= 0.3 is 5.51 Å². The molecule has 6 heteroatoms. The smallest absolute Gasteiger partial charge is 0.314 e.